The van der Waals surface area contributed by atoms with Crippen LogP contribution in [0.15, 0.2) is 175 Å². The summed E-state index contributed by atoms with van der Waals surface area (Å²) >= 11 is 4.69. The van der Waals surface area contributed by atoms with E-state index in [9.17, 15) is 0 Å². The highest BCUT2D eigenvalue weighted by atomic mass is 32.1. The van der Waals surface area contributed by atoms with Crippen molar-refractivity contribution in [2.24, 2.45) is 17.2 Å². The van der Waals surface area contributed by atoms with Gasteiger partial charge in [-0.2, -0.15) is 0 Å². The third kappa shape index (κ3) is 11.7. The van der Waals surface area contributed by atoms with Gasteiger partial charge in [0.15, 0.2) is 0 Å². The van der Waals surface area contributed by atoms with E-state index in [2.05, 4.69) is 165 Å². The molecule has 7 aromatic carbocycles. The Hall–Kier alpha value is -5.17. The average molecular weight is 691 g/mol. The quantitative estimate of drug-likeness (QED) is 0.0851. The number of thiol groups is 1. The summed E-state index contributed by atoms with van der Waals surface area (Å²) in [7, 11) is 1.50. The number of fused-ring (bicyclic) bond motifs is 1. The number of nitrogens with one attached hydrogen (secondary N) is 1. The van der Waals surface area contributed by atoms with Crippen LogP contribution in [0, 0.1) is 6.92 Å². The summed E-state index contributed by atoms with van der Waals surface area (Å²) in [6.07, 6.45) is 0.661. The second kappa shape index (κ2) is 20.5. The molecule has 0 aromatic heterocycles. The maximum Gasteiger partial charge on any atom is 0.0784 e. The predicted octanol–water partition coefficient (Wildman–Crippen LogP) is 10.8. The van der Waals surface area contributed by atoms with Crippen molar-refractivity contribution in [1.29, 1.82) is 0 Å². The summed E-state index contributed by atoms with van der Waals surface area (Å²) in [5.74, 6) is 0. The lowest BCUT2D eigenvalue weighted by molar-refractivity contribution is 0.774. The van der Waals surface area contributed by atoms with Gasteiger partial charge in [0.1, 0.15) is 0 Å². The number of aryl methyl sites for hydroxylation is 2. The lowest BCUT2D eigenvalue weighted by Gasteiger charge is -2.14. The molecule has 0 heterocycles. The zero-order valence-electron chi connectivity index (χ0n) is 29.8. The topological polar surface area (TPSA) is 90.1 Å². The minimum absolute atomic E-state index is 0.479. The van der Waals surface area contributed by atoms with Gasteiger partial charge < -0.3 is 22.5 Å². The molecule has 51 heavy (non-hydrogen) atoms. The first-order chi connectivity index (χ1) is 24.9. The van der Waals surface area contributed by atoms with E-state index in [1.165, 1.54) is 40.3 Å². The molecule has 0 atom stereocenters. The summed E-state index contributed by atoms with van der Waals surface area (Å²) in [6.45, 7) is 5.02. The van der Waals surface area contributed by atoms with E-state index in [0.29, 0.717) is 0 Å². The maximum absolute atomic E-state index is 5.85. The van der Waals surface area contributed by atoms with E-state index in [1.54, 1.807) is 0 Å². The molecule has 0 saturated heterocycles. The first-order valence-corrected chi connectivity index (χ1v) is 17.7. The predicted molar refractivity (Wildman–Crippen MR) is 224 cm³/mol. The smallest absolute Gasteiger partial charge is 0.0784 e. The molecule has 0 aliphatic rings. The number of benzene rings is 7. The summed E-state index contributed by atoms with van der Waals surface area (Å²) < 4.78 is 0. The Labute approximate surface area is 309 Å². The summed E-state index contributed by atoms with van der Waals surface area (Å²) in [5, 5.41) is 5.88. The fraction of sp³-hybridized carbons (Fsp3) is 0.130. The minimum atomic E-state index is -0.479. The van der Waals surface area contributed by atoms with Crippen molar-refractivity contribution in [3.8, 4) is 22.3 Å². The maximum atomic E-state index is 5.85. The van der Waals surface area contributed by atoms with Crippen LogP contribution in [0.3, 0.4) is 0 Å². The van der Waals surface area contributed by atoms with Crippen LogP contribution in [0.1, 0.15) is 35.3 Å². The lowest BCUT2D eigenvalue weighted by Crippen LogP contribution is -2.19. The van der Waals surface area contributed by atoms with Gasteiger partial charge in [-0.25, -0.2) is 0 Å². The number of hydrogen-bond donors (Lipinski definition) is 5. The SMILES string of the molecule is CCc1ccccc1.CN.Cc1cccc(-c2ccccc2)c1.NC(N)c1cccc(-c2ccc3ccc(S)c(NCc4ccccc4)c3c2)c1. The second-order valence-corrected chi connectivity index (χ2v) is 12.4. The molecular weight excluding hydrogens is 641 g/mol. The molecule has 260 valence electrons. The molecule has 0 bridgehead atoms. The first kappa shape index (κ1) is 38.6. The summed E-state index contributed by atoms with van der Waals surface area (Å²) in [6, 6.07) is 58.5. The van der Waals surface area contributed by atoms with E-state index in [-0.39, 0.29) is 0 Å². The number of nitrogens with two attached hydrogens (primary N) is 3. The van der Waals surface area contributed by atoms with Crippen molar-refractivity contribution < 1.29 is 0 Å². The zero-order chi connectivity index (χ0) is 36.4. The fourth-order valence-corrected chi connectivity index (χ4v) is 5.83. The lowest BCUT2D eigenvalue weighted by atomic mass is 9.98. The Morgan fingerprint density at radius 2 is 1.08 bits per heavy atom. The van der Waals surface area contributed by atoms with E-state index in [1.807, 2.05) is 42.5 Å². The Morgan fingerprint density at radius 1 is 0.549 bits per heavy atom. The highest BCUT2D eigenvalue weighted by Gasteiger charge is 2.09. The summed E-state index contributed by atoms with van der Waals surface area (Å²) in [4.78, 5) is 0.929. The van der Waals surface area contributed by atoms with Crippen LogP contribution in [0.2, 0.25) is 0 Å². The van der Waals surface area contributed by atoms with E-state index < -0.39 is 6.17 Å². The van der Waals surface area contributed by atoms with Crippen molar-refractivity contribution in [3.63, 3.8) is 0 Å². The molecule has 5 heteroatoms. The Bertz CT molecular complexity index is 2050. The van der Waals surface area contributed by atoms with E-state index in [0.717, 1.165) is 45.6 Å². The van der Waals surface area contributed by atoms with Gasteiger partial charge in [-0.05, 0) is 82.9 Å². The van der Waals surface area contributed by atoms with Gasteiger partial charge in [0.25, 0.3) is 0 Å². The van der Waals surface area contributed by atoms with Crippen molar-refractivity contribution in [1.82, 2.24) is 0 Å². The van der Waals surface area contributed by atoms with Crippen LogP contribution in [0.4, 0.5) is 5.69 Å². The summed E-state index contributed by atoms with van der Waals surface area (Å²) in [5.41, 5.74) is 26.9. The number of hydrogen-bond acceptors (Lipinski definition) is 5. The third-order valence-corrected chi connectivity index (χ3v) is 8.67. The van der Waals surface area contributed by atoms with Crippen LogP contribution in [-0.2, 0) is 13.0 Å². The number of anilines is 1. The van der Waals surface area contributed by atoms with E-state index >= 15 is 0 Å². The molecule has 0 radical (unpaired) electrons. The van der Waals surface area contributed by atoms with Gasteiger partial charge in [-0.1, -0.05) is 164 Å². The molecule has 0 aliphatic carbocycles. The van der Waals surface area contributed by atoms with Crippen molar-refractivity contribution in [2.45, 2.75) is 37.9 Å². The molecule has 0 fully saturated rings. The van der Waals surface area contributed by atoms with Gasteiger partial charge in [-0.15, -0.1) is 12.6 Å². The molecule has 7 N–H and O–H groups in total. The number of rotatable bonds is 7. The van der Waals surface area contributed by atoms with Crippen molar-refractivity contribution >= 4 is 29.1 Å². The molecular formula is C46H50N4S. The van der Waals surface area contributed by atoms with Gasteiger partial charge in [0.05, 0.1) is 11.9 Å². The fourth-order valence-electron chi connectivity index (χ4n) is 5.55. The largest absolute Gasteiger partial charge is 0.380 e. The van der Waals surface area contributed by atoms with Crippen LogP contribution < -0.4 is 22.5 Å². The van der Waals surface area contributed by atoms with Crippen molar-refractivity contribution in [3.05, 3.63) is 192 Å². The van der Waals surface area contributed by atoms with Gasteiger partial charge in [0.2, 0.25) is 0 Å². The second-order valence-electron chi connectivity index (χ2n) is 12.0. The highest BCUT2D eigenvalue weighted by molar-refractivity contribution is 7.80. The monoisotopic (exact) mass is 690 g/mol. The minimum Gasteiger partial charge on any atom is -0.380 e. The molecule has 7 aromatic rings. The van der Waals surface area contributed by atoms with Crippen LogP contribution in [0.5, 0.6) is 0 Å². The normalized spacial score (nSPS) is 10.2. The Kier molecular flexibility index (Phi) is 15.5. The molecule has 0 amide bonds. The first-order valence-electron chi connectivity index (χ1n) is 17.3. The van der Waals surface area contributed by atoms with Gasteiger partial charge >= 0.3 is 0 Å². The van der Waals surface area contributed by atoms with Crippen molar-refractivity contribution in [2.75, 3.05) is 12.4 Å². The van der Waals surface area contributed by atoms with Gasteiger partial charge in [-0.3, -0.25) is 0 Å². The Balaban J connectivity index is 0.000000208. The van der Waals surface area contributed by atoms with Crippen LogP contribution >= 0.6 is 12.6 Å². The van der Waals surface area contributed by atoms with Crippen LogP contribution in [0.25, 0.3) is 33.0 Å². The molecule has 7 rings (SSSR count). The average Bonchev–Trinajstić information content (AvgIpc) is 3.19. The highest BCUT2D eigenvalue weighted by Crippen LogP contribution is 2.34. The Morgan fingerprint density at radius 3 is 1.67 bits per heavy atom. The third-order valence-electron chi connectivity index (χ3n) is 8.29. The molecule has 0 saturated carbocycles. The standard InChI is InChI=1S/C24H23N3S.C13H12.C8H10.CH5N/c25-24(26)20-8-4-7-18(13-20)19-10-9-17-11-12-22(28)23(21(17)14-19)27-15-16-5-2-1-3-6-16;1-11-6-5-9-13(10-11)12-7-3-2-4-8-12;1-2-8-6-4-3-5-7-8;1-2/h1-14,24,27-28H,15,25-26H2;2-10H,1H3;3-7H,2H2,1H3;2H2,1H3. The zero-order valence-corrected chi connectivity index (χ0v) is 30.7. The molecule has 0 unspecified atom stereocenters. The van der Waals surface area contributed by atoms with Crippen LogP contribution in [-0.4, -0.2) is 7.05 Å². The molecule has 4 nitrogen and oxygen atoms in total. The molecule has 0 spiro atoms. The van der Waals surface area contributed by atoms with E-state index in [4.69, 9.17) is 11.5 Å². The molecule has 0 aliphatic heterocycles. The van der Waals surface area contributed by atoms with Gasteiger partial charge in [0, 0.05) is 16.8 Å².